The van der Waals surface area contributed by atoms with Crippen molar-refractivity contribution in [1.29, 1.82) is 0 Å². The van der Waals surface area contributed by atoms with E-state index < -0.39 is 12.2 Å². The molecule has 0 aliphatic rings. The zero-order valence-electron chi connectivity index (χ0n) is 42.2. The average molecular weight is 919 g/mol. The third-order valence-electron chi connectivity index (χ3n) is 9.08. The first-order valence-corrected chi connectivity index (χ1v) is 23.0. The summed E-state index contributed by atoms with van der Waals surface area (Å²) in [6.45, 7) is 25.2. The Morgan fingerprint density at radius 1 is 0.642 bits per heavy atom. The lowest BCUT2D eigenvalue weighted by Gasteiger charge is -2.20. The van der Waals surface area contributed by atoms with E-state index in [0.717, 1.165) is 46.1 Å². The van der Waals surface area contributed by atoms with Crippen LogP contribution in [0.15, 0.2) is 84.1 Å². The van der Waals surface area contributed by atoms with Crippen molar-refractivity contribution < 1.29 is 29.4 Å². The summed E-state index contributed by atoms with van der Waals surface area (Å²) in [5.74, 6) is 0.188. The normalized spacial score (nSPS) is 9.43. The minimum Gasteiger partial charge on any atom is -0.465 e. The molecule has 0 spiro atoms. The minimum atomic E-state index is -1.22. The van der Waals surface area contributed by atoms with E-state index in [1.54, 1.807) is 4.90 Å². The number of Topliss-reactive ketones (excluding diaryl/α,β-unsaturated/α-hetero) is 1. The average Bonchev–Trinajstić information content (AvgIpc) is 3.73. The van der Waals surface area contributed by atoms with Crippen LogP contribution < -0.4 is 16.0 Å². The molecule has 0 fully saturated rings. The summed E-state index contributed by atoms with van der Waals surface area (Å²) in [6.07, 6.45) is 20.5. The molecule has 0 saturated heterocycles. The maximum atomic E-state index is 12.6. The summed E-state index contributed by atoms with van der Waals surface area (Å²) in [5, 5.41) is 26.8. The van der Waals surface area contributed by atoms with Crippen molar-refractivity contribution in [3.63, 3.8) is 0 Å². The molecular formula is C55H78N6O6. The van der Waals surface area contributed by atoms with Crippen LogP contribution in [-0.2, 0) is 16.1 Å². The van der Waals surface area contributed by atoms with E-state index in [4.69, 9.17) is 10.2 Å². The van der Waals surface area contributed by atoms with Gasteiger partial charge in [0.1, 0.15) is 18.2 Å². The van der Waals surface area contributed by atoms with Crippen molar-refractivity contribution in [3.05, 3.63) is 95.5 Å². The second-order valence-electron chi connectivity index (χ2n) is 15.4. The number of terminal acetylenes is 2. The van der Waals surface area contributed by atoms with Crippen molar-refractivity contribution in [2.24, 2.45) is 0 Å². The van der Waals surface area contributed by atoms with Crippen LogP contribution in [0.2, 0.25) is 0 Å². The molecule has 0 saturated carbocycles. The van der Waals surface area contributed by atoms with Crippen molar-refractivity contribution in [2.75, 3.05) is 25.0 Å². The highest BCUT2D eigenvalue weighted by Crippen LogP contribution is 2.32. The first kappa shape index (κ1) is 62.0. The molecule has 1 heterocycles. The van der Waals surface area contributed by atoms with Gasteiger partial charge in [0.2, 0.25) is 5.91 Å². The molecule has 364 valence electrons. The summed E-state index contributed by atoms with van der Waals surface area (Å²) in [4.78, 5) is 52.7. The number of nitrogens with zero attached hydrogens (tertiary/aromatic N) is 2. The molecule has 5 aromatic rings. The third-order valence-corrected chi connectivity index (χ3v) is 9.08. The van der Waals surface area contributed by atoms with Gasteiger partial charge in [0.15, 0.2) is 0 Å². The lowest BCUT2D eigenvalue weighted by Crippen LogP contribution is -2.40. The Bertz CT molecular complexity index is 2300. The zero-order chi connectivity index (χ0) is 51.5. The topological polar surface area (TPSA) is 177 Å². The number of hydrogen-bond acceptors (Lipinski definition) is 6. The number of carbonyl (C=O) groups is 4. The first-order chi connectivity index (χ1) is 32.0. The number of benzene rings is 4. The van der Waals surface area contributed by atoms with Crippen LogP contribution >= 0.6 is 0 Å². The van der Waals surface area contributed by atoms with E-state index in [0.29, 0.717) is 12.4 Å². The number of rotatable bonds is 14. The highest BCUT2D eigenvalue weighted by atomic mass is 16.4. The number of H-pyrrole nitrogens is 1. The number of unbranched alkanes of at least 4 members (excludes halogenated alkanes) is 1. The van der Waals surface area contributed by atoms with Gasteiger partial charge in [-0.15, -0.1) is 25.7 Å². The highest BCUT2D eigenvalue weighted by molar-refractivity contribution is 5.92. The number of carboxylic acid groups (broad SMARTS) is 2. The van der Waals surface area contributed by atoms with Gasteiger partial charge in [0.25, 0.3) is 0 Å². The Hall–Kier alpha value is -7.05. The van der Waals surface area contributed by atoms with Gasteiger partial charge in [-0.1, -0.05) is 129 Å². The second-order valence-corrected chi connectivity index (χ2v) is 15.4. The molecule has 3 amide bonds. The quantitative estimate of drug-likeness (QED) is 0.0596. The smallest absolute Gasteiger partial charge is 0.405 e. The number of amides is 3. The first-order valence-electron chi connectivity index (χ1n) is 23.0. The van der Waals surface area contributed by atoms with Crippen LogP contribution in [0.5, 0.6) is 0 Å². The van der Waals surface area contributed by atoms with Crippen molar-refractivity contribution in [1.82, 2.24) is 25.5 Å². The Labute approximate surface area is 401 Å². The number of allylic oxidation sites excluding steroid dienone is 2. The van der Waals surface area contributed by atoms with Crippen LogP contribution in [-0.4, -0.2) is 68.6 Å². The van der Waals surface area contributed by atoms with Gasteiger partial charge < -0.3 is 36.0 Å². The number of nitrogens with one attached hydrogen (secondary N) is 4. The maximum absolute atomic E-state index is 12.6. The number of anilines is 1. The van der Waals surface area contributed by atoms with Crippen LogP contribution in [0.25, 0.3) is 44.1 Å². The molecule has 0 aliphatic carbocycles. The van der Waals surface area contributed by atoms with Crippen molar-refractivity contribution >= 4 is 51.4 Å². The highest BCUT2D eigenvalue weighted by Gasteiger charge is 2.16. The Morgan fingerprint density at radius 3 is 1.54 bits per heavy atom. The molecule has 12 nitrogen and oxygen atoms in total. The van der Waals surface area contributed by atoms with E-state index in [1.165, 1.54) is 66.0 Å². The van der Waals surface area contributed by atoms with Gasteiger partial charge in [-0.3, -0.25) is 9.59 Å². The Balaban J connectivity index is 0. The number of carbonyl (C=O) groups excluding carboxylic acids is 2. The number of imidazole rings is 1. The van der Waals surface area contributed by atoms with Crippen LogP contribution in [0, 0.1) is 32.6 Å². The van der Waals surface area contributed by atoms with Gasteiger partial charge in [0.05, 0.1) is 24.1 Å². The molecule has 0 atom stereocenters. The predicted octanol–water partition coefficient (Wildman–Crippen LogP) is 13.5. The van der Waals surface area contributed by atoms with Crippen molar-refractivity contribution in [3.8, 4) is 47.9 Å². The van der Waals surface area contributed by atoms with Crippen LogP contribution in [0.4, 0.5) is 15.3 Å². The fraction of sp³-hybridized carbons (Fsp3) is 0.400. The lowest BCUT2D eigenvalue weighted by molar-refractivity contribution is -0.130. The van der Waals surface area contributed by atoms with Crippen LogP contribution in [0.3, 0.4) is 0 Å². The SMILES string of the molecule is C#C.C#C.CC(=O)CNC(=O)O.CCC.CCC.CCCC.CCCN(Cc1nc2ccc(-c3ccc4cc(-c5ccc(C)c(NC(CC)=C(C)C)c5)ccc4c3)cc2[nH]1)C(=O)CNC(=O)O. The number of aromatic amines is 1. The molecule has 1 aromatic heterocycles. The molecule has 0 radical (unpaired) electrons. The van der Waals surface area contributed by atoms with Crippen molar-refractivity contribution in [2.45, 2.75) is 128 Å². The summed E-state index contributed by atoms with van der Waals surface area (Å²) in [5.41, 5.74) is 11.1. The predicted molar refractivity (Wildman–Crippen MR) is 282 cm³/mol. The molecule has 0 unspecified atom stereocenters. The van der Waals surface area contributed by atoms with Gasteiger partial charge in [-0.05, 0) is 109 Å². The van der Waals surface area contributed by atoms with Gasteiger partial charge >= 0.3 is 12.2 Å². The standard InChI is InChI=1S/C37H41N5O3.C4H7NO3.C4H10.2C3H8.2C2H2/c1-6-16-42(36(43)21-38-37(44)45)22-35-40-32-15-14-30(20-34(32)41-35)28-13-11-25-17-27(12-10-26(25)18-28)29-9-8-24(5)33(19-29)39-31(7-2)23(3)4;1-3(6)2-5-4(7)8;1-3-4-2;2*1-3-2;2*1-2/h8-15,17-20,38-39H,6-7,16,21-22H2,1-5H3,(H,40,41)(H,44,45);5H,2H2,1H3,(H,7,8);3-4H2,1-2H3;2*3H2,1-2H3;2*1-2H. The summed E-state index contributed by atoms with van der Waals surface area (Å²) >= 11 is 0. The molecule has 6 N–H and O–H groups in total. The Morgan fingerprint density at radius 2 is 1.10 bits per heavy atom. The molecule has 4 aromatic carbocycles. The van der Waals surface area contributed by atoms with Gasteiger partial charge in [0, 0.05) is 17.9 Å². The van der Waals surface area contributed by atoms with E-state index in [2.05, 4.69) is 182 Å². The monoisotopic (exact) mass is 919 g/mol. The fourth-order valence-corrected chi connectivity index (χ4v) is 5.79. The van der Waals surface area contributed by atoms with E-state index in [-0.39, 0.29) is 31.3 Å². The second kappa shape index (κ2) is 36.2. The summed E-state index contributed by atoms with van der Waals surface area (Å²) in [7, 11) is 0. The largest absolute Gasteiger partial charge is 0.465 e. The molecule has 0 aliphatic heterocycles. The maximum Gasteiger partial charge on any atom is 0.405 e. The zero-order valence-corrected chi connectivity index (χ0v) is 42.2. The third kappa shape index (κ3) is 24.2. The lowest BCUT2D eigenvalue weighted by atomic mass is 9.96. The number of ketones is 1. The fourth-order valence-electron chi connectivity index (χ4n) is 5.79. The van der Waals surface area contributed by atoms with Gasteiger partial charge in [-0.25, -0.2) is 14.6 Å². The number of hydrogen-bond donors (Lipinski definition) is 6. The summed E-state index contributed by atoms with van der Waals surface area (Å²) in [6, 6.07) is 25.9. The number of fused-ring (bicyclic) bond motifs is 2. The minimum absolute atomic E-state index is 0.102. The molecule has 67 heavy (non-hydrogen) atoms. The molecule has 0 bridgehead atoms. The van der Waals surface area contributed by atoms with E-state index in [9.17, 15) is 19.2 Å². The molecule has 12 heteroatoms. The Kier molecular flexibility index (Phi) is 33.5. The summed E-state index contributed by atoms with van der Waals surface area (Å²) < 4.78 is 0. The van der Waals surface area contributed by atoms with Gasteiger partial charge in [-0.2, -0.15) is 0 Å². The van der Waals surface area contributed by atoms with E-state index >= 15 is 0 Å². The van der Waals surface area contributed by atoms with E-state index in [1.807, 2.05) is 18.3 Å². The van der Waals surface area contributed by atoms with Crippen LogP contribution in [0.1, 0.15) is 126 Å². The molecular weight excluding hydrogens is 841 g/mol. The molecule has 5 rings (SSSR count). The number of aromatic nitrogens is 2. The number of aryl methyl sites for hydroxylation is 1.